The van der Waals surface area contributed by atoms with Crippen LogP contribution in [0.2, 0.25) is 0 Å². The third kappa shape index (κ3) is 2.74. The van der Waals surface area contributed by atoms with Crippen LogP contribution in [-0.4, -0.2) is 36.4 Å². The normalized spacial score (nSPS) is 18.7. The molecule has 1 aliphatic heterocycles. The number of benzene rings is 1. The van der Waals surface area contributed by atoms with E-state index in [-0.39, 0.29) is 17.2 Å². The van der Waals surface area contributed by atoms with Crippen molar-refractivity contribution in [2.24, 2.45) is 5.73 Å². The summed E-state index contributed by atoms with van der Waals surface area (Å²) in [6.07, 6.45) is 2.22. The highest BCUT2D eigenvalue weighted by atomic mass is 19.1. The first-order valence-electron chi connectivity index (χ1n) is 6.48. The molecule has 0 spiro atoms. The Morgan fingerprint density at radius 1 is 1.40 bits per heavy atom. The molecule has 1 fully saturated rings. The number of hydrogen-bond acceptors (Lipinski definition) is 3. The van der Waals surface area contributed by atoms with Crippen molar-refractivity contribution in [3.63, 3.8) is 0 Å². The molecule has 0 aliphatic carbocycles. The summed E-state index contributed by atoms with van der Waals surface area (Å²) in [7, 11) is 1.35. The molecule has 20 heavy (non-hydrogen) atoms. The second-order valence-electron chi connectivity index (χ2n) is 4.76. The smallest absolute Gasteiger partial charge is 0.254 e. The first-order valence-corrected chi connectivity index (χ1v) is 6.48. The average Bonchev–Trinajstić information content (AvgIpc) is 2.46. The van der Waals surface area contributed by atoms with Crippen molar-refractivity contribution in [3.8, 4) is 5.75 Å². The number of carbonyl (C=O) groups excluding carboxylic acids is 2. The van der Waals surface area contributed by atoms with Gasteiger partial charge < -0.3 is 15.4 Å². The SMILES string of the molecule is COc1ccc(C(=O)N2CCCC[C@@H]2C(N)=O)cc1F. The molecule has 1 heterocycles. The van der Waals surface area contributed by atoms with E-state index in [1.54, 1.807) is 0 Å². The average molecular weight is 280 g/mol. The van der Waals surface area contributed by atoms with Crippen LogP contribution >= 0.6 is 0 Å². The fraction of sp³-hybridized carbons (Fsp3) is 0.429. The molecule has 1 saturated heterocycles. The van der Waals surface area contributed by atoms with Crippen molar-refractivity contribution in [3.05, 3.63) is 29.6 Å². The lowest BCUT2D eigenvalue weighted by Gasteiger charge is -2.33. The molecule has 108 valence electrons. The van der Waals surface area contributed by atoms with Crippen LogP contribution in [0.15, 0.2) is 18.2 Å². The largest absolute Gasteiger partial charge is 0.494 e. The minimum Gasteiger partial charge on any atom is -0.494 e. The zero-order valence-corrected chi connectivity index (χ0v) is 11.3. The fourth-order valence-corrected chi connectivity index (χ4v) is 2.44. The molecule has 0 bridgehead atoms. The van der Waals surface area contributed by atoms with Gasteiger partial charge in [-0.1, -0.05) is 0 Å². The molecule has 6 heteroatoms. The van der Waals surface area contributed by atoms with Crippen LogP contribution in [0.1, 0.15) is 29.6 Å². The maximum atomic E-state index is 13.6. The van der Waals surface area contributed by atoms with Gasteiger partial charge in [0.2, 0.25) is 5.91 Å². The van der Waals surface area contributed by atoms with E-state index in [1.807, 2.05) is 0 Å². The van der Waals surface area contributed by atoms with Gasteiger partial charge in [0.1, 0.15) is 6.04 Å². The van der Waals surface area contributed by atoms with Gasteiger partial charge in [-0.3, -0.25) is 9.59 Å². The van der Waals surface area contributed by atoms with Crippen LogP contribution < -0.4 is 10.5 Å². The summed E-state index contributed by atoms with van der Waals surface area (Å²) in [6.45, 7) is 0.458. The molecule has 0 saturated carbocycles. The molecular weight excluding hydrogens is 263 g/mol. The van der Waals surface area contributed by atoms with Crippen molar-refractivity contribution < 1.29 is 18.7 Å². The van der Waals surface area contributed by atoms with Gasteiger partial charge in [0.05, 0.1) is 7.11 Å². The number of nitrogens with zero attached hydrogens (tertiary/aromatic N) is 1. The second kappa shape index (κ2) is 5.90. The number of methoxy groups -OCH3 is 1. The van der Waals surface area contributed by atoms with Gasteiger partial charge in [0.15, 0.2) is 11.6 Å². The number of carbonyl (C=O) groups is 2. The van der Waals surface area contributed by atoms with E-state index < -0.39 is 17.8 Å². The predicted octanol–water partition coefficient (Wildman–Crippen LogP) is 1.31. The van der Waals surface area contributed by atoms with Crippen LogP contribution in [0.5, 0.6) is 5.75 Å². The molecule has 1 aliphatic rings. The van der Waals surface area contributed by atoms with Crippen LogP contribution in [0.25, 0.3) is 0 Å². The summed E-state index contributed by atoms with van der Waals surface area (Å²) in [5, 5.41) is 0. The minimum absolute atomic E-state index is 0.0756. The summed E-state index contributed by atoms with van der Waals surface area (Å²) >= 11 is 0. The Labute approximate surface area is 116 Å². The zero-order chi connectivity index (χ0) is 14.7. The molecule has 0 aromatic heterocycles. The maximum Gasteiger partial charge on any atom is 0.254 e. The predicted molar refractivity (Wildman–Crippen MR) is 70.8 cm³/mol. The number of rotatable bonds is 3. The number of nitrogens with two attached hydrogens (primary N) is 1. The summed E-state index contributed by atoms with van der Waals surface area (Å²) in [4.78, 5) is 25.2. The van der Waals surface area contributed by atoms with Crippen molar-refractivity contribution in [2.75, 3.05) is 13.7 Å². The van der Waals surface area contributed by atoms with Crippen molar-refractivity contribution >= 4 is 11.8 Å². The van der Waals surface area contributed by atoms with E-state index in [0.29, 0.717) is 13.0 Å². The summed E-state index contributed by atoms with van der Waals surface area (Å²) < 4.78 is 18.5. The lowest BCUT2D eigenvalue weighted by Crippen LogP contribution is -2.50. The number of amides is 2. The number of likely N-dealkylation sites (tertiary alicyclic amines) is 1. The molecule has 0 radical (unpaired) electrons. The lowest BCUT2D eigenvalue weighted by molar-refractivity contribution is -0.123. The van der Waals surface area contributed by atoms with Gasteiger partial charge in [0.25, 0.3) is 5.91 Å². The molecule has 1 atom stereocenters. The zero-order valence-electron chi connectivity index (χ0n) is 11.3. The quantitative estimate of drug-likeness (QED) is 0.907. The topological polar surface area (TPSA) is 72.6 Å². The van der Waals surface area contributed by atoms with Gasteiger partial charge >= 0.3 is 0 Å². The van der Waals surface area contributed by atoms with E-state index in [1.165, 1.54) is 24.1 Å². The van der Waals surface area contributed by atoms with Gasteiger partial charge in [-0.05, 0) is 37.5 Å². The third-order valence-electron chi connectivity index (χ3n) is 3.49. The molecular formula is C14H17FN2O3. The van der Waals surface area contributed by atoms with Gasteiger partial charge in [-0.2, -0.15) is 0 Å². The van der Waals surface area contributed by atoms with E-state index in [4.69, 9.17) is 10.5 Å². The summed E-state index contributed by atoms with van der Waals surface area (Å²) in [5.74, 6) is -1.43. The maximum absolute atomic E-state index is 13.6. The van der Waals surface area contributed by atoms with Crippen molar-refractivity contribution in [2.45, 2.75) is 25.3 Å². The van der Waals surface area contributed by atoms with Crippen LogP contribution in [0.4, 0.5) is 4.39 Å². The standard InChI is InChI=1S/C14H17FN2O3/c1-20-12-6-5-9(8-10(12)15)14(19)17-7-3-2-4-11(17)13(16)18/h5-6,8,11H,2-4,7H2,1H3,(H2,16,18)/t11-/m1/s1. The van der Waals surface area contributed by atoms with Crippen molar-refractivity contribution in [1.82, 2.24) is 4.90 Å². The Morgan fingerprint density at radius 3 is 2.75 bits per heavy atom. The Morgan fingerprint density at radius 2 is 2.15 bits per heavy atom. The Hall–Kier alpha value is -2.11. The molecule has 2 amide bonds. The van der Waals surface area contributed by atoms with E-state index >= 15 is 0 Å². The number of primary amides is 1. The molecule has 2 N–H and O–H groups in total. The van der Waals surface area contributed by atoms with Gasteiger partial charge in [-0.25, -0.2) is 4.39 Å². The van der Waals surface area contributed by atoms with Crippen LogP contribution in [0.3, 0.4) is 0 Å². The minimum atomic E-state index is -0.610. The number of ether oxygens (including phenoxy) is 1. The molecule has 2 rings (SSSR count). The first-order chi connectivity index (χ1) is 9.54. The third-order valence-corrected chi connectivity index (χ3v) is 3.49. The fourth-order valence-electron chi connectivity index (χ4n) is 2.44. The Bertz CT molecular complexity index is 533. The summed E-state index contributed by atoms with van der Waals surface area (Å²) in [5.41, 5.74) is 5.51. The van der Waals surface area contributed by atoms with Gasteiger partial charge in [-0.15, -0.1) is 0 Å². The van der Waals surface area contributed by atoms with Crippen molar-refractivity contribution in [1.29, 1.82) is 0 Å². The summed E-state index contributed by atoms with van der Waals surface area (Å²) in [6, 6.07) is 3.39. The number of piperidine rings is 1. The van der Waals surface area contributed by atoms with E-state index in [9.17, 15) is 14.0 Å². The van der Waals surface area contributed by atoms with E-state index in [0.717, 1.165) is 18.9 Å². The highest BCUT2D eigenvalue weighted by molar-refractivity contribution is 5.97. The molecule has 1 aromatic carbocycles. The monoisotopic (exact) mass is 280 g/mol. The highest BCUT2D eigenvalue weighted by Gasteiger charge is 2.31. The lowest BCUT2D eigenvalue weighted by atomic mass is 10.00. The molecule has 1 aromatic rings. The van der Waals surface area contributed by atoms with Crippen LogP contribution in [-0.2, 0) is 4.79 Å². The second-order valence-corrected chi connectivity index (χ2v) is 4.76. The molecule has 0 unspecified atom stereocenters. The van der Waals surface area contributed by atoms with Gasteiger partial charge in [0, 0.05) is 12.1 Å². The van der Waals surface area contributed by atoms with Crippen LogP contribution in [0, 0.1) is 5.82 Å². The number of halogens is 1. The molecule has 5 nitrogen and oxygen atoms in total. The Balaban J connectivity index is 2.25. The van der Waals surface area contributed by atoms with E-state index in [2.05, 4.69) is 0 Å². The number of hydrogen-bond donors (Lipinski definition) is 1. The highest BCUT2D eigenvalue weighted by Crippen LogP contribution is 2.22. The Kier molecular flexibility index (Phi) is 4.22. The first kappa shape index (κ1) is 14.3.